The van der Waals surface area contributed by atoms with Crippen LogP contribution in [0.15, 0.2) is 77.5 Å². The van der Waals surface area contributed by atoms with Crippen molar-refractivity contribution in [2.75, 3.05) is 12.5 Å². The monoisotopic (exact) mass is 419 g/mol. The topological polar surface area (TPSA) is 55.5 Å². The third-order valence-electron chi connectivity index (χ3n) is 4.98. The number of benzene rings is 3. The molecule has 5 heteroatoms. The van der Waals surface area contributed by atoms with Crippen LogP contribution in [0.2, 0.25) is 0 Å². The van der Waals surface area contributed by atoms with Crippen molar-refractivity contribution in [2.24, 2.45) is 0 Å². The molecule has 30 heavy (non-hydrogen) atoms. The Kier molecular flexibility index (Phi) is 6.05. The number of fused-ring (bicyclic) bond motifs is 1. The first kappa shape index (κ1) is 20.0. The number of hydrogen-bond acceptors (Lipinski definition) is 4. The lowest BCUT2D eigenvalue weighted by molar-refractivity contribution is 0.343. The number of nitrogens with zero attached hydrogens (tertiary/aromatic N) is 1. The second kappa shape index (κ2) is 9.06. The van der Waals surface area contributed by atoms with Gasteiger partial charge in [0.05, 0.1) is 5.88 Å². The van der Waals surface area contributed by atoms with E-state index >= 15 is 0 Å². The molecule has 0 aliphatic carbocycles. The summed E-state index contributed by atoms with van der Waals surface area (Å²) < 4.78 is 11.0. The average Bonchev–Trinajstić information content (AvgIpc) is 3.25. The van der Waals surface area contributed by atoms with E-state index < -0.39 is 0 Å². The number of aromatic nitrogens is 1. The maximum Gasteiger partial charge on any atom is 0.181 e. The van der Waals surface area contributed by atoms with Crippen molar-refractivity contribution in [3.8, 4) is 11.5 Å². The van der Waals surface area contributed by atoms with E-state index in [-0.39, 0.29) is 5.75 Å². The first-order valence-corrected chi connectivity index (χ1v) is 10.4. The second-order valence-electron chi connectivity index (χ2n) is 6.85. The highest BCUT2D eigenvalue weighted by Gasteiger charge is 2.14. The molecule has 0 radical (unpaired) electrons. The summed E-state index contributed by atoms with van der Waals surface area (Å²) in [6.07, 6.45) is 2.29. The van der Waals surface area contributed by atoms with Crippen molar-refractivity contribution in [3.05, 3.63) is 89.8 Å². The van der Waals surface area contributed by atoms with Crippen LogP contribution in [0.25, 0.3) is 22.2 Å². The maximum absolute atomic E-state index is 9.77. The van der Waals surface area contributed by atoms with Gasteiger partial charge in [-0.1, -0.05) is 37.3 Å². The fraction of sp³-hybridized carbons (Fsp3) is 0.160. The van der Waals surface area contributed by atoms with Gasteiger partial charge in [-0.3, -0.25) is 0 Å². The molecule has 0 unspecified atom stereocenters. The predicted molar refractivity (Wildman–Crippen MR) is 121 cm³/mol. The summed E-state index contributed by atoms with van der Waals surface area (Å²) in [5.41, 5.74) is 7.05. The molecule has 152 valence electrons. The van der Waals surface area contributed by atoms with Gasteiger partial charge in [0.25, 0.3) is 0 Å². The first-order chi connectivity index (χ1) is 14.7. The van der Waals surface area contributed by atoms with Gasteiger partial charge in [0, 0.05) is 0 Å². The Balaban J connectivity index is 1.87. The first-order valence-electron chi connectivity index (χ1n) is 9.85. The van der Waals surface area contributed by atoms with E-state index in [1.54, 1.807) is 12.1 Å². The average molecular weight is 420 g/mol. The molecule has 1 N–H and O–H groups in total. The molecule has 4 aromatic rings. The van der Waals surface area contributed by atoms with Crippen LogP contribution in [0.4, 0.5) is 0 Å². The highest BCUT2D eigenvalue weighted by atomic mass is 35.5. The number of phenols is 1. The lowest BCUT2D eigenvalue weighted by Gasteiger charge is -2.17. The van der Waals surface area contributed by atoms with Crippen LogP contribution in [0.5, 0.6) is 11.5 Å². The number of aromatic hydroxyl groups is 1. The smallest absolute Gasteiger partial charge is 0.181 e. The summed E-state index contributed by atoms with van der Waals surface area (Å²) in [6.45, 7) is 2.61. The molecule has 0 fully saturated rings. The quantitative estimate of drug-likeness (QED) is 0.273. The summed E-state index contributed by atoms with van der Waals surface area (Å²) in [4.78, 5) is 4.30. The number of ether oxygens (including phenoxy) is 1. The molecule has 0 saturated heterocycles. The van der Waals surface area contributed by atoms with Crippen LogP contribution in [0.3, 0.4) is 0 Å². The van der Waals surface area contributed by atoms with Crippen molar-refractivity contribution in [1.29, 1.82) is 0 Å². The Labute approximate surface area is 180 Å². The van der Waals surface area contributed by atoms with E-state index in [1.165, 1.54) is 12.0 Å². The zero-order valence-corrected chi connectivity index (χ0v) is 17.4. The summed E-state index contributed by atoms with van der Waals surface area (Å²) in [5, 5.41) is 9.77. The zero-order chi connectivity index (χ0) is 20.9. The van der Waals surface area contributed by atoms with Crippen molar-refractivity contribution in [1.82, 2.24) is 4.98 Å². The van der Waals surface area contributed by atoms with Crippen LogP contribution in [-0.2, 0) is 0 Å². The maximum atomic E-state index is 9.77. The van der Waals surface area contributed by atoms with Crippen LogP contribution < -0.4 is 4.74 Å². The van der Waals surface area contributed by atoms with Gasteiger partial charge in [-0.25, -0.2) is 4.98 Å². The minimum atomic E-state index is 0.241. The van der Waals surface area contributed by atoms with E-state index in [1.807, 2.05) is 30.3 Å². The number of oxazole rings is 1. The molecule has 0 saturated carbocycles. The number of hydrogen-bond donors (Lipinski definition) is 1. The van der Waals surface area contributed by atoms with Gasteiger partial charge in [0.2, 0.25) is 0 Å². The van der Waals surface area contributed by atoms with Crippen molar-refractivity contribution >= 4 is 33.8 Å². The molecule has 4 nitrogen and oxygen atoms in total. The van der Waals surface area contributed by atoms with Crippen molar-refractivity contribution < 1.29 is 14.3 Å². The highest BCUT2D eigenvalue weighted by molar-refractivity contribution is 6.18. The molecular weight excluding hydrogens is 398 g/mol. The van der Waals surface area contributed by atoms with Crippen LogP contribution in [0.1, 0.15) is 30.0 Å². The standard InChI is InChI=1S/C25H22ClNO3/c1-2-22(19-7-12-24-23(15-19)27-16-30-24)25(17-3-8-20(28)9-4-17)18-5-10-21(11-6-18)29-14-13-26/h3-12,15-16,28H,2,13-14H2,1H3/b25-22-. The summed E-state index contributed by atoms with van der Waals surface area (Å²) >= 11 is 5.72. The van der Waals surface area contributed by atoms with Crippen LogP contribution >= 0.6 is 11.6 Å². The minimum Gasteiger partial charge on any atom is -0.508 e. The number of allylic oxidation sites excluding steroid dienone is 1. The van der Waals surface area contributed by atoms with Gasteiger partial charge in [-0.2, -0.15) is 0 Å². The van der Waals surface area contributed by atoms with Crippen molar-refractivity contribution in [3.63, 3.8) is 0 Å². The predicted octanol–water partition coefficient (Wildman–Crippen LogP) is 6.52. The Hall–Kier alpha value is -3.24. The molecule has 0 bridgehead atoms. The minimum absolute atomic E-state index is 0.241. The fourth-order valence-electron chi connectivity index (χ4n) is 3.59. The van der Waals surface area contributed by atoms with E-state index in [9.17, 15) is 5.11 Å². The molecular formula is C25H22ClNO3. The van der Waals surface area contributed by atoms with E-state index in [2.05, 4.69) is 36.2 Å². The van der Waals surface area contributed by atoms with Gasteiger partial charge in [0.1, 0.15) is 23.6 Å². The lowest BCUT2D eigenvalue weighted by Crippen LogP contribution is -1.99. The molecule has 0 aliphatic rings. The van der Waals surface area contributed by atoms with E-state index in [4.69, 9.17) is 20.8 Å². The number of halogens is 1. The Morgan fingerprint density at radius 1 is 0.967 bits per heavy atom. The molecule has 0 atom stereocenters. The molecule has 0 aliphatic heterocycles. The lowest BCUT2D eigenvalue weighted by atomic mass is 9.88. The van der Waals surface area contributed by atoms with Gasteiger partial charge >= 0.3 is 0 Å². The van der Waals surface area contributed by atoms with Gasteiger partial charge in [-0.05, 0) is 70.7 Å². The van der Waals surface area contributed by atoms with E-state index in [0.717, 1.165) is 45.5 Å². The molecule has 1 heterocycles. The summed E-state index contributed by atoms with van der Waals surface area (Å²) in [6, 6.07) is 21.4. The molecule has 0 amide bonds. The third-order valence-corrected chi connectivity index (χ3v) is 5.13. The fourth-order valence-corrected chi connectivity index (χ4v) is 3.67. The Morgan fingerprint density at radius 2 is 1.63 bits per heavy atom. The Morgan fingerprint density at radius 3 is 2.30 bits per heavy atom. The van der Waals surface area contributed by atoms with Gasteiger partial charge in [0.15, 0.2) is 12.0 Å². The zero-order valence-electron chi connectivity index (χ0n) is 16.6. The number of phenolic OH excluding ortho intramolecular Hbond substituents is 1. The number of rotatable bonds is 7. The molecule has 4 rings (SSSR count). The second-order valence-corrected chi connectivity index (χ2v) is 7.23. The van der Waals surface area contributed by atoms with Crippen LogP contribution in [-0.4, -0.2) is 22.6 Å². The SMILES string of the molecule is CC/C(=C(\c1ccc(O)cc1)c1ccc(OCCCl)cc1)c1ccc2ocnc2c1. The molecule has 0 spiro atoms. The van der Waals surface area contributed by atoms with Crippen molar-refractivity contribution in [2.45, 2.75) is 13.3 Å². The van der Waals surface area contributed by atoms with E-state index in [0.29, 0.717) is 12.5 Å². The number of alkyl halides is 1. The largest absolute Gasteiger partial charge is 0.508 e. The third kappa shape index (κ3) is 4.19. The summed E-state index contributed by atoms with van der Waals surface area (Å²) in [7, 11) is 0. The van der Waals surface area contributed by atoms with Gasteiger partial charge < -0.3 is 14.3 Å². The molecule has 1 aromatic heterocycles. The molecule has 3 aromatic carbocycles. The summed E-state index contributed by atoms with van der Waals surface area (Å²) in [5.74, 6) is 1.47. The normalized spacial score (nSPS) is 12.1. The highest BCUT2D eigenvalue weighted by Crippen LogP contribution is 2.36. The Bertz CT molecular complexity index is 1160. The van der Waals surface area contributed by atoms with Crippen LogP contribution in [0, 0.1) is 0 Å². The van der Waals surface area contributed by atoms with Gasteiger partial charge in [-0.15, -0.1) is 11.6 Å².